The number of halogens is 1. The molecule has 0 radical (unpaired) electrons. The Bertz CT molecular complexity index is 559. The average Bonchev–Trinajstić information content (AvgIpc) is 2.62. The van der Waals surface area contributed by atoms with E-state index in [0.717, 1.165) is 25.2 Å². The Morgan fingerprint density at radius 1 is 1.33 bits per heavy atom. The maximum Gasteiger partial charge on any atom is 0.223 e. The second-order valence-electron chi connectivity index (χ2n) is 7.15. The fourth-order valence-electron chi connectivity index (χ4n) is 3.94. The van der Waals surface area contributed by atoms with Crippen molar-refractivity contribution in [3.05, 3.63) is 35.6 Å². The Labute approximate surface area is 143 Å². The van der Waals surface area contributed by atoms with E-state index in [1.165, 1.54) is 18.9 Å². The van der Waals surface area contributed by atoms with E-state index in [1.807, 2.05) is 11.0 Å². The van der Waals surface area contributed by atoms with Gasteiger partial charge in [-0.2, -0.15) is 0 Å². The third kappa shape index (κ3) is 4.14. The molecule has 1 aromatic rings. The Balaban J connectivity index is 1.67. The average molecular weight is 333 g/mol. The van der Waals surface area contributed by atoms with Crippen LogP contribution in [0.4, 0.5) is 4.39 Å². The number of amides is 1. The van der Waals surface area contributed by atoms with Crippen molar-refractivity contribution < 1.29 is 9.18 Å². The van der Waals surface area contributed by atoms with E-state index >= 15 is 0 Å². The van der Waals surface area contributed by atoms with E-state index < -0.39 is 0 Å². The number of nitrogens with zero attached hydrogens (tertiary/aromatic N) is 1. The zero-order valence-corrected chi connectivity index (χ0v) is 14.4. The molecule has 2 saturated heterocycles. The lowest BCUT2D eigenvalue weighted by molar-refractivity contribution is -0.136. The molecule has 3 atom stereocenters. The second kappa shape index (κ2) is 8.08. The van der Waals surface area contributed by atoms with Gasteiger partial charge in [-0.05, 0) is 55.5 Å². The van der Waals surface area contributed by atoms with Gasteiger partial charge in [0.15, 0.2) is 0 Å². The van der Waals surface area contributed by atoms with Gasteiger partial charge < -0.3 is 15.5 Å². The number of carbonyl (C=O) groups is 1. The van der Waals surface area contributed by atoms with Gasteiger partial charge in [0.25, 0.3) is 0 Å². The molecule has 1 amide bonds. The normalized spacial score (nSPS) is 26.2. The lowest BCUT2D eigenvalue weighted by Crippen LogP contribution is -2.49. The number of hydrogen-bond donors (Lipinski definition) is 2. The summed E-state index contributed by atoms with van der Waals surface area (Å²) in [4.78, 5) is 14.8. The molecule has 0 bridgehead atoms. The van der Waals surface area contributed by atoms with E-state index in [1.54, 1.807) is 12.1 Å². The number of rotatable bonds is 4. The first-order valence-corrected chi connectivity index (χ1v) is 9.11. The number of benzene rings is 1. The van der Waals surface area contributed by atoms with Gasteiger partial charge >= 0.3 is 0 Å². The van der Waals surface area contributed by atoms with Crippen LogP contribution < -0.4 is 10.6 Å². The number of nitrogens with one attached hydrogen (secondary N) is 2. The van der Waals surface area contributed by atoms with Crippen molar-refractivity contribution in [3.8, 4) is 0 Å². The summed E-state index contributed by atoms with van der Waals surface area (Å²) in [5.74, 6) is 0.919. The van der Waals surface area contributed by atoms with Crippen molar-refractivity contribution in [2.75, 3.05) is 32.7 Å². The predicted octanol–water partition coefficient (Wildman–Crippen LogP) is 2.32. The Kier molecular flexibility index (Phi) is 5.85. The van der Waals surface area contributed by atoms with Crippen LogP contribution in [0.25, 0.3) is 0 Å². The molecule has 2 aliphatic heterocycles. The Morgan fingerprint density at radius 2 is 2.17 bits per heavy atom. The first-order chi connectivity index (χ1) is 11.6. The summed E-state index contributed by atoms with van der Waals surface area (Å²) in [5.41, 5.74) is 0.877. The van der Waals surface area contributed by atoms with Crippen LogP contribution in [0.1, 0.15) is 37.8 Å². The second-order valence-corrected chi connectivity index (χ2v) is 7.15. The summed E-state index contributed by atoms with van der Waals surface area (Å²) < 4.78 is 13.6. The van der Waals surface area contributed by atoms with Gasteiger partial charge in [0.1, 0.15) is 5.82 Å². The minimum Gasteiger partial charge on any atom is -0.333 e. The van der Waals surface area contributed by atoms with Crippen molar-refractivity contribution >= 4 is 5.91 Å². The molecule has 3 rings (SSSR count). The molecule has 2 heterocycles. The van der Waals surface area contributed by atoms with Gasteiger partial charge in [-0.25, -0.2) is 4.39 Å². The van der Waals surface area contributed by atoms with E-state index in [9.17, 15) is 9.18 Å². The fraction of sp³-hybridized carbons (Fsp3) is 0.632. The summed E-state index contributed by atoms with van der Waals surface area (Å²) in [6.45, 7) is 6.48. The van der Waals surface area contributed by atoms with Gasteiger partial charge in [0.05, 0.1) is 6.04 Å². The van der Waals surface area contributed by atoms with Gasteiger partial charge in [0, 0.05) is 26.1 Å². The Hall–Kier alpha value is -1.46. The molecule has 3 unspecified atom stereocenters. The van der Waals surface area contributed by atoms with Crippen LogP contribution in [0.3, 0.4) is 0 Å². The number of piperazine rings is 1. The molecule has 24 heavy (non-hydrogen) atoms. The van der Waals surface area contributed by atoms with Gasteiger partial charge in [0.2, 0.25) is 5.91 Å². The van der Waals surface area contributed by atoms with Crippen molar-refractivity contribution in [1.29, 1.82) is 0 Å². The van der Waals surface area contributed by atoms with Crippen molar-refractivity contribution in [1.82, 2.24) is 15.5 Å². The first-order valence-electron chi connectivity index (χ1n) is 9.11. The molecular weight excluding hydrogens is 305 g/mol. The summed E-state index contributed by atoms with van der Waals surface area (Å²) >= 11 is 0. The van der Waals surface area contributed by atoms with Crippen molar-refractivity contribution in [2.45, 2.75) is 32.2 Å². The lowest BCUT2D eigenvalue weighted by atomic mass is 9.85. The van der Waals surface area contributed by atoms with Gasteiger partial charge in [-0.15, -0.1) is 0 Å². The number of carbonyl (C=O) groups excluding carboxylic acids is 1. The minimum atomic E-state index is -0.243. The van der Waals surface area contributed by atoms with Crippen LogP contribution in [0.5, 0.6) is 0 Å². The summed E-state index contributed by atoms with van der Waals surface area (Å²) in [6.07, 6.45) is 2.98. The minimum absolute atomic E-state index is 0.0707. The SMILES string of the molecule is CC(CC(=O)N1CCNCC1c1cccc(F)c1)C1CCCNC1. The quantitative estimate of drug-likeness (QED) is 0.889. The molecule has 0 saturated carbocycles. The van der Waals surface area contributed by atoms with Gasteiger partial charge in [-0.1, -0.05) is 19.1 Å². The highest BCUT2D eigenvalue weighted by atomic mass is 19.1. The van der Waals surface area contributed by atoms with E-state index in [4.69, 9.17) is 0 Å². The highest BCUT2D eigenvalue weighted by molar-refractivity contribution is 5.77. The molecule has 4 nitrogen and oxygen atoms in total. The third-order valence-electron chi connectivity index (χ3n) is 5.43. The number of hydrogen-bond acceptors (Lipinski definition) is 3. The first kappa shape index (κ1) is 17.4. The molecule has 5 heteroatoms. The smallest absolute Gasteiger partial charge is 0.223 e. The number of piperidine rings is 1. The topological polar surface area (TPSA) is 44.4 Å². The van der Waals surface area contributed by atoms with Crippen LogP contribution in [-0.2, 0) is 4.79 Å². The predicted molar refractivity (Wildman–Crippen MR) is 93.1 cm³/mol. The summed E-state index contributed by atoms with van der Waals surface area (Å²) in [6, 6.07) is 6.56. The molecule has 2 aliphatic rings. The summed E-state index contributed by atoms with van der Waals surface area (Å²) in [5, 5.41) is 6.76. The molecule has 2 N–H and O–H groups in total. The molecule has 2 fully saturated rings. The Morgan fingerprint density at radius 3 is 2.92 bits per heavy atom. The molecule has 0 aromatic heterocycles. The highest BCUT2D eigenvalue weighted by Gasteiger charge is 2.30. The molecule has 0 spiro atoms. The monoisotopic (exact) mass is 333 g/mol. The van der Waals surface area contributed by atoms with E-state index in [-0.39, 0.29) is 17.8 Å². The molecule has 0 aliphatic carbocycles. The molecule has 1 aromatic carbocycles. The zero-order chi connectivity index (χ0) is 16.9. The van der Waals surface area contributed by atoms with E-state index in [0.29, 0.717) is 31.3 Å². The van der Waals surface area contributed by atoms with Crippen LogP contribution in [-0.4, -0.2) is 43.5 Å². The largest absolute Gasteiger partial charge is 0.333 e. The molecule has 132 valence electrons. The standard InChI is InChI=1S/C19H28FN3O/c1-14(16-5-3-7-21-12-16)10-19(24)23-9-8-22-13-18(23)15-4-2-6-17(20)11-15/h2,4,6,11,14,16,18,21-22H,3,5,7-10,12-13H2,1H3. The maximum atomic E-state index is 13.6. The highest BCUT2D eigenvalue weighted by Crippen LogP contribution is 2.27. The fourth-order valence-corrected chi connectivity index (χ4v) is 3.94. The van der Waals surface area contributed by atoms with E-state index in [2.05, 4.69) is 17.6 Å². The zero-order valence-electron chi connectivity index (χ0n) is 14.4. The maximum absolute atomic E-state index is 13.6. The third-order valence-corrected chi connectivity index (χ3v) is 5.43. The van der Waals surface area contributed by atoms with Crippen molar-refractivity contribution in [3.63, 3.8) is 0 Å². The summed E-state index contributed by atoms with van der Waals surface area (Å²) in [7, 11) is 0. The van der Waals surface area contributed by atoms with Crippen LogP contribution in [0.15, 0.2) is 24.3 Å². The van der Waals surface area contributed by atoms with Gasteiger partial charge in [-0.3, -0.25) is 4.79 Å². The molecular formula is C19H28FN3O. The van der Waals surface area contributed by atoms with Crippen LogP contribution >= 0.6 is 0 Å². The lowest BCUT2D eigenvalue weighted by Gasteiger charge is -2.38. The van der Waals surface area contributed by atoms with Crippen LogP contribution in [0.2, 0.25) is 0 Å². The van der Waals surface area contributed by atoms with Crippen molar-refractivity contribution in [2.24, 2.45) is 11.8 Å². The van der Waals surface area contributed by atoms with Crippen LogP contribution in [0, 0.1) is 17.7 Å².